The monoisotopic (exact) mass is 287 g/mol. The highest BCUT2D eigenvalue weighted by atomic mass is 32.1. The molecule has 19 heavy (non-hydrogen) atoms. The van der Waals surface area contributed by atoms with E-state index in [4.69, 9.17) is 0 Å². The molecular weight excluding hydrogens is 270 g/mol. The summed E-state index contributed by atoms with van der Waals surface area (Å²) in [6.45, 7) is 2.13. The van der Waals surface area contributed by atoms with Crippen LogP contribution in [0.5, 0.6) is 0 Å². The lowest BCUT2D eigenvalue weighted by Gasteiger charge is -2.14. The molecule has 0 aliphatic carbocycles. The molecule has 0 aliphatic heterocycles. The minimum absolute atomic E-state index is 0.410. The van der Waals surface area contributed by atoms with Crippen LogP contribution in [-0.4, -0.2) is 7.05 Å². The lowest BCUT2D eigenvalue weighted by molar-refractivity contribution is 0.602. The van der Waals surface area contributed by atoms with Gasteiger partial charge in [0.2, 0.25) is 0 Å². The first-order valence-corrected chi connectivity index (χ1v) is 8.15. The fraction of sp³-hybridized carbons (Fsp3) is 0.250. The summed E-state index contributed by atoms with van der Waals surface area (Å²) in [5, 5.41) is 5.61. The summed E-state index contributed by atoms with van der Waals surface area (Å²) >= 11 is 3.73. The number of benzene rings is 1. The molecule has 3 rings (SSSR count). The summed E-state index contributed by atoms with van der Waals surface area (Å²) in [6, 6.07) is 13.8. The predicted molar refractivity (Wildman–Crippen MR) is 86.4 cm³/mol. The minimum Gasteiger partial charge on any atom is -0.312 e. The van der Waals surface area contributed by atoms with Gasteiger partial charge >= 0.3 is 0 Å². The Morgan fingerprint density at radius 2 is 1.89 bits per heavy atom. The summed E-state index contributed by atoms with van der Waals surface area (Å²) in [4.78, 5) is 1.44. The maximum Gasteiger partial charge on any atom is 0.0454 e. The largest absolute Gasteiger partial charge is 0.312 e. The molecule has 2 aromatic heterocycles. The number of hydrogen-bond donors (Lipinski definition) is 1. The molecule has 0 saturated heterocycles. The van der Waals surface area contributed by atoms with Crippen LogP contribution in [0, 0.1) is 6.92 Å². The van der Waals surface area contributed by atoms with Crippen molar-refractivity contribution in [3.05, 3.63) is 57.8 Å². The van der Waals surface area contributed by atoms with Crippen LogP contribution < -0.4 is 5.32 Å². The Morgan fingerprint density at radius 3 is 2.58 bits per heavy atom. The van der Waals surface area contributed by atoms with E-state index in [1.807, 2.05) is 29.7 Å². The number of aryl methyl sites for hydroxylation is 1. The lowest BCUT2D eigenvalue weighted by Crippen LogP contribution is -2.17. The Kier molecular flexibility index (Phi) is 3.69. The van der Waals surface area contributed by atoms with E-state index in [9.17, 15) is 0 Å². The number of hydrogen-bond acceptors (Lipinski definition) is 3. The lowest BCUT2D eigenvalue weighted by atomic mass is 10.0. The zero-order valence-corrected chi connectivity index (χ0v) is 12.8. The van der Waals surface area contributed by atoms with Crippen LogP contribution in [-0.2, 0) is 6.42 Å². The summed E-state index contributed by atoms with van der Waals surface area (Å²) < 4.78 is 2.81. The third-order valence-electron chi connectivity index (χ3n) is 3.41. The molecule has 1 atom stereocenters. The average Bonchev–Trinajstić information content (AvgIpc) is 2.99. The van der Waals surface area contributed by atoms with Gasteiger partial charge in [-0.1, -0.05) is 29.8 Å². The fourth-order valence-corrected chi connectivity index (χ4v) is 4.49. The standard InChI is InChI=1S/C16H17NS2/c1-11-3-5-12(6-4-11)9-13(17-2)15-10-16-14(19-15)7-8-18-16/h3-8,10,13,17H,9H2,1-2H3. The van der Waals surface area contributed by atoms with Crippen molar-refractivity contribution in [2.45, 2.75) is 19.4 Å². The van der Waals surface area contributed by atoms with Crippen LogP contribution in [0.4, 0.5) is 0 Å². The molecule has 0 radical (unpaired) electrons. The van der Waals surface area contributed by atoms with Crippen molar-refractivity contribution in [1.82, 2.24) is 5.32 Å². The maximum atomic E-state index is 3.45. The van der Waals surface area contributed by atoms with Gasteiger partial charge in [-0.25, -0.2) is 0 Å². The Balaban J connectivity index is 1.84. The van der Waals surface area contributed by atoms with Gasteiger partial charge in [0.25, 0.3) is 0 Å². The van der Waals surface area contributed by atoms with Gasteiger partial charge in [0.05, 0.1) is 0 Å². The Hall–Kier alpha value is -1.16. The minimum atomic E-state index is 0.410. The molecule has 1 aromatic carbocycles. The van der Waals surface area contributed by atoms with E-state index in [0.29, 0.717) is 6.04 Å². The van der Waals surface area contributed by atoms with Gasteiger partial charge in [-0.3, -0.25) is 0 Å². The van der Waals surface area contributed by atoms with Crippen molar-refractivity contribution in [2.24, 2.45) is 0 Å². The highest BCUT2D eigenvalue weighted by Crippen LogP contribution is 2.34. The molecule has 98 valence electrons. The Morgan fingerprint density at radius 1 is 1.11 bits per heavy atom. The average molecular weight is 287 g/mol. The molecular formula is C16H17NS2. The van der Waals surface area contributed by atoms with Crippen molar-refractivity contribution in [3.63, 3.8) is 0 Å². The predicted octanol–water partition coefficient (Wildman–Crippen LogP) is 4.77. The van der Waals surface area contributed by atoms with Crippen LogP contribution in [0.15, 0.2) is 41.8 Å². The molecule has 2 heterocycles. The van der Waals surface area contributed by atoms with E-state index in [-0.39, 0.29) is 0 Å². The molecule has 3 heteroatoms. The Labute approximate surface area is 121 Å². The Bertz CT molecular complexity index is 635. The zero-order valence-electron chi connectivity index (χ0n) is 11.1. The summed E-state index contributed by atoms with van der Waals surface area (Å²) in [5.41, 5.74) is 2.71. The number of likely N-dealkylation sites (N-methyl/N-ethyl adjacent to an activating group) is 1. The second-order valence-corrected chi connectivity index (χ2v) is 6.89. The molecule has 0 spiro atoms. The van der Waals surface area contributed by atoms with Gasteiger partial charge in [-0.05, 0) is 43.5 Å². The van der Waals surface area contributed by atoms with E-state index < -0.39 is 0 Å². The van der Waals surface area contributed by atoms with E-state index >= 15 is 0 Å². The van der Waals surface area contributed by atoms with Crippen LogP contribution in [0.3, 0.4) is 0 Å². The van der Waals surface area contributed by atoms with Crippen molar-refractivity contribution < 1.29 is 0 Å². The molecule has 0 fully saturated rings. The second-order valence-electron chi connectivity index (χ2n) is 4.83. The van der Waals surface area contributed by atoms with E-state index in [0.717, 1.165) is 6.42 Å². The number of thiophene rings is 2. The quantitative estimate of drug-likeness (QED) is 0.728. The van der Waals surface area contributed by atoms with Gasteiger partial charge in [-0.2, -0.15) is 0 Å². The molecule has 1 N–H and O–H groups in total. The fourth-order valence-electron chi connectivity index (χ4n) is 2.26. The van der Waals surface area contributed by atoms with Gasteiger partial charge in [0, 0.05) is 20.3 Å². The number of fused-ring (bicyclic) bond motifs is 1. The first kappa shape index (κ1) is 12.9. The molecule has 0 bridgehead atoms. The molecule has 3 aromatic rings. The highest BCUT2D eigenvalue weighted by molar-refractivity contribution is 7.26. The van der Waals surface area contributed by atoms with Crippen LogP contribution in [0.25, 0.3) is 9.40 Å². The molecule has 1 nitrogen and oxygen atoms in total. The van der Waals surface area contributed by atoms with Crippen molar-refractivity contribution in [1.29, 1.82) is 0 Å². The van der Waals surface area contributed by atoms with Crippen LogP contribution in [0.1, 0.15) is 22.0 Å². The first-order chi connectivity index (χ1) is 9.26. The van der Waals surface area contributed by atoms with Crippen molar-refractivity contribution >= 4 is 32.1 Å². The number of nitrogens with one attached hydrogen (secondary N) is 1. The van der Waals surface area contributed by atoms with E-state index in [1.165, 1.54) is 25.4 Å². The first-order valence-electron chi connectivity index (χ1n) is 6.46. The zero-order chi connectivity index (χ0) is 13.2. The highest BCUT2D eigenvalue weighted by Gasteiger charge is 2.13. The molecule has 0 amide bonds. The third-order valence-corrected chi connectivity index (χ3v) is 5.62. The molecule has 0 aliphatic rings. The topological polar surface area (TPSA) is 12.0 Å². The van der Waals surface area contributed by atoms with Gasteiger partial charge in [0.1, 0.15) is 0 Å². The smallest absolute Gasteiger partial charge is 0.0454 e. The summed E-state index contributed by atoms with van der Waals surface area (Å²) in [6.07, 6.45) is 1.05. The van der Waals surface area contributed by atoms with E-state index in [2.05, 4.69) is 54.0 Å². The maximum absolute atomic E-state index is 3.45. The van der Waals surface area contributed by atoms with Crippen molar-refractivity contribution in [2.75, 3.05) is 7.05 Å². The summed E-state index contributed by atoms with van der Waals surface area (Å²) in [7, 11) is 2.05. The normalized spacial score (nSPS) is 12.9. The van der Waals surface area contributed by atoms with Crippen LogP contribution >= 0.6 is 22.7 Å². The third kappa shape index (κ3) is 2.73. The SMILES string of the molecule is CNC(Cc1ccc(C)cc1)c1cc2sccc2s1. The van der Waals surface area contributed by atoms with Crippen LogP contribution in [0.2, 0.25) is 0 Å². The molecule has 0 saturated carbocycles. The number of rotatable bonds is 4. The van der Waals surface area contributed by atoms with Crippen molar-refractivity contribution in [3.8, 4) is 0 Å². The summed E-state index contributed by atoms with van der Waals surface area (Å²) in [5.74, 6) is 0. The van der Waals surface area contributed by atoms with Gasteiger partial charge < -0.3 is 5.32 Å². The second kappa shape index (κ2) is 5.45. The van der Waals surface area contributed by atoms with Gasteiger partial charge in [-0.15, -0.1) is 22.7 Å². The van der Waals surface area contributed by atoms with E-state index in [1.54, 1.807) is 0 Å². The van der Waals surface area contributed by atoms with Gasteiger partial charge in [0.15, 0.2) is 0 Å². The molecule has 1 unspecified atom stereocenters.